The number of fused-ring (bicyclic) bond motifs is 6. The second kappa shape index (κ2) is 15.3. The number of hydrogen-bond acceptors (Lipinski definition) is 2. The minimum atomic E-state index is -0.464. The lowest BCUT2D eigenvalue weighted by molar-refractivity contribution is 0.768. The van der Waals surface area contributed by atoms with E-state index in [2.05, 4.69) is 254 Å². The Bertz CT molecular complexity index is 3390. The van der Waals surface area contributed by atoms with Crippen molar-refractivity contribution < 1.29 is 0 Å². The van der Waals surface area contributed by atoms with Gasteiger partial charge >= 0.3 is 0 Å². The first-order valence-electron chi connectivity index (χ1n) is 21.7. The summed E-state index contributed by atoms with van der Waals surface area (Å²) in [5, 5.41) is 2.62. The zero-order valence-corrected chi connectivity index (χ0v) is 35.3. The van der Waals surface area contributed by atoms with Crippen molar-refractivity contribution >= 4 is 48.6 Å². The van der Waals surface area contributed by atoms with E-state index < -0.39 is 5.41 Å². The summed E-state index contributed by atoms with van der Waals surface area (Å²) >= 11 is 1.86. The Labute approximate surface area is 372 Å². The van der Waals surface area contributed by atoms with Gasteiger partial charge in [0.2, 0.25) is 0 Å². The summed E-state index contributed by atoms with van der Waals surface area (Å²) in [5.41, 5.74) is 17.7. The standard InChI is InChI=1S/C61H41NS/c1-3-15-42(16-4-1)43-29-31-44(32-30-43)45-17-13-21-51(39-45)62(52-22-14-18-46(40-52)47-33-38-60-56(41-47)55-25-9-12-28-59(55)63-60)50-36-34-49(35-37-50)61(48-19-5-2-6-20-48)57-26-10-7-23-53(57)54-24-8-11-27-58(54)61/h1-41H. The van der Waals surface area contributed by atoms with Gasteiger partial charge in [-0.05, 0) is 121 Å². The van der Waals surface area contributed by atoms with E-state index in [1.54, 1.807) is 0 Å². The Kier molecular flexibility index (Phi) is 8.98. The van der Waals surface area contributed by atoms with E-state index >= 15 is 0 Å². The van der Waals surface area contributed by atoms with Crippen LogP contribution < -0.4 is 4.90 Å². The maximum Gasteiger partial charge on any atom is 0.0713 e. The number of hydrogen-bond donors (Lipinski definition) is 0. The summed E-state index contributed by atoms with van der Waals surface area (Å²) in [4.78, 5) is 2.42. The Morgan fingerprint density at radius 3 is 1.41 bits per heavy atom. The zero-order chi connectivity index (χ0) is 41.7. The third kappa shape index (κ3) is 6.22. The molecule has 0 bridgehead atoms. The zero-order valence-electron chi connectivity index (χ0n) is 34.5. The van der Waals surface area contributed by atoms with Crippen LogP contribution in [0.1, 0.15) is 22.3 Å². The van der Waals surface area contributed by atoms with Gasteiger partial charge in [0.25, 0.3) is 0 Å². The Morgan fingerprint density at radius 1 is 0.286 bits per heavy atom. The lowest BCUT2D eigenvalue weighted by Crippen LogP contribution is -2.28. The van der Waals surface area contributed by atoms with Crippen LogP contribution in [-0.4, -0.2) is 0 Å². The van der Waals surface area contributed by atoms with E-state index in [1.807, 2.05) is 11.3 Å². The van der Waals surface area contributed by atoms with Crippen molar-refractivity contribution in [1.29, 1.82) is 0 Å². The highest BCUT2D eigenvalue weighted by Crippen LogP contribution is 2.56. The molecule has 0 unspecified atom stereocenters. The molecule has 0 aliphatic heterocycles. The molecule has 12 rings (SSSR count). The molecular formula is C61H41NS. The van der Waals surface area contributed by atoms with Gasteiger partial charge < -0.3 is 4.90 Å². The van der Waals surface area contributed by atoms with Crippen molar-refractivity contribution in [2.75, 3.05) is 4.90 Å². The van der Waals surface area contributed by atoms with Gasteiger partial charge in [0, 0.05) is 37.2 Å². The molecule has 0 amide bonds. The molecule has 2 heteroatoms. The predicted octanol–water partition coefficient (Wildman–Crippen LogP) is 16.9. The first-order valence-corrected chi connectivity index (χ1v) is 22.5. The van der Waals surface area contributed by atoms with Crippen molar-refractivity contribution in [2.24, 2.45) is 0 Å². The van der Waals surface area contributed by atoms with Gasteiger partial charge in [-0.1, -0.05) is 194 Å². The molecule has 63 heavy (non-hydrogen) atoms. The van der Waals surface area contributed by atoms with E-state index in [-0.39, 0.29) is 0 Å². The number of benzene rings is 10. The highest BCUT2D eigenvalue weighted by molar-refractivity contribution is 7.25. The van der Waals surface area contributed by atoms with Gasteiger partial charge in [0.15, 0.2) is 0 Å². The predicted molar refractivity (Wildman–Crippen MR) is 268 cm³/mol. The van der Waals surface area contributed by atoms with Crippen LogP contribution in [0.4, 0.5) is 17.1 Å². The molecule has 0 radical (unpaired) electrons. The molecule has 0 saturated carbocycles. The fourth-order valence-corrected chi connectivity index (χ4v) is 11.1. The van der Waals surface area contributed by atoms with E-state index in [0.29, 0.717) is 0 Å². The Hall–Kier alpha value is -7.78. The first-order chi connectivity index (χ1) is 31.2. The summed E-state index contributed by atoms with van der Waals surface area (Å²) in [6, 6.07) is 91.5. The van der Waals surface area contributed by atoms with Crippen LogP contribution in [0.25, 0.3) is 64.7 Å². The number of nitrogens with zero attached hydrogens (tertiary/aromatic N) is 1. The molecule has 1 nitrogen and oxygen atoms in total. The molecule has 0 saturated heterocycles. The summed E-state index contributed by atoms with van der Waals surface area (Å²) in [7, 11) is 0. The van der Waals surface area contributed by atoms with E-state index in [1.165, 1.54) is 86.9 Å². The van der Waals surface area contributed by atoms with Crippen LogP contribution in [0.5, 0.6) is 0 Å². The molecule has 0 atom stereocenters. The SMILES string of the molecule is c1ccc(-c2ccc(-c3cccc(N(c4ccc(C5(c6ccccc6)c6ccccc6-c6ccccc65)cc4)c4cccc(-c5ccc6sc7ccccc7c6c5)c4)c3)cc2)cc1. The van der Waals surface area contributed by atoms with Crippen LogP contribution in [0.2, 0.25) is 0 Å². The molecule has 296 valence electrons. The number of thiophene rings is 1. The van der Waals surface area contributed by atoms with E-state index in [0.717, 1.165) is 17.1 Å². The highest BCUT2D eigenvalue weighted by atomic mass is 32.1. The molecule has 1 aliphatic rings. The maximum absolute atomic E-state index is 2.42. The fraction of sp³-hybridized carbons (Fsp3) is 0.0164. The molecule has 1 heterocycles. The van der Waals surface area contributed by atoms with Crippen LogP contribution in [0.15, 0.2) is 249 Å². The average molecular weight is 820 g/mol. The molecule has 0 N–H and O–H groups in total. The fourth-order valence-electron chi connectivity index (χ4n) is 10.1. The van der Waals surface area contributed by atoms with Crippen molar-refractivity contribution in [3.8, 4) is 44.5 Å². The Balaban J connectivity index is 1.00. The van der Waals surface area contributed by atoms with E-state index in [9.17, 15) is 0 Å². The monoisotopic (exact) mass is 819 g/mol. The van der Waals surface area contributed by atoms with Crippen molar-refractivity contribution in [3.63, 3.8) is 0 Å². The first kappa shape index (κ1) is 37.0. The van der Waals surface area contributed by atoms with Gasteiger partial charge in [-0.3, -0.25) is 0 Å². The van der Waals surface area contributed by atoms with Gasteiger partial charge in [0.1, 0.15) is 0 Å². The summed E-state index contributed by atoms with van der Waals surface area (Å²) in [5.74, 6) is 0. The van der Waals surface area contributed by atoms with Crippen molar-refractivity contribution in [3.05, 3.63) is 271 Å². The second-order valence-electron chi connectivity index (χ2n) is 16.4. The smallest absolute Gasteiger partial charge is 0.0713 e. The number of anilines is 3. The molecule has 1 aromatic heterocycles. The lowest BCUT2D eigenvalue weighted by atomic mass is 9.68. The van der Waals surface area contributed by atoms with Gasteiger partial charge in [0.05, 0.1) is 5.41 Å². The van der Waals surface area contributed by atoms with Crippen molar-refractivity contribution in [2.45, 2.75) is 5.41 Å². The molecule has 0 fully saturated rings. The highest BCUT2D eigenvalue weighted by Gasteiger charge is 2.45. The van der Waals surface area contributed by atoms with E-state index in [4.69, 9.17) is 0 Å². The van der Waals surface area contributed by atoms with Crippen LogP contribution in [0, 0.1) is 0 Å². The van der Waals surface area contributed by atoms with Gasteiger partial charge in [-0.25, -0.2) is 0 Å². The summed E-state index contributed by atoms with van der Waals surface area (Å²) in [6.07, 6.45) is 0. The quantitative estimate of drug-likeness (QED) is 0.148. The largest absolute Gasteiger partial charge is 0.310 e. The molecule has 1 aliphatic carbocycles. The molecule has 0 spiro atoms. The maximum atomic E-state index is 2.42. The van der Waals surface area contributed by atoms with Crippen LogP contribution >= 0.6 is 11.3 Å². The second-order valence-corrected chi connectivity index (χ2v) is 17.5. The third-order valence-corrected chi connectivity index (χ3v) is 14.1. The Morgan fingerprint density at radius 2 is 0.746 bits per heavy atom. The average Bonchev–Trinajstić information content (AvgIpc) is 3.89. The van der Waals surface area contributed by atoms with Gasteiger partial charge in [-0.2, -0.15) is 0 Å². The third-order valence-electron chi connectivity index (χ3n) is 13.0. The van der Waals surface area contributed by atoms with Crippen LogP contribution in [0.3, 0.4) is 0 Å². The number of rotatable bonds is 8. The van der Waals surface area contributed by atoms with Crippen LogP contribution in [-0.2, 0) is 5.41 Å². The van der Waals surface area contributed by atoms with Crippen molar-refractivity contribution in [1.82, 2.24) is 0 Å². The minimum Gasteiger partial charge on any atom is -0.310 e. The molecule has 10 aromatic carbocycles. The lowest BCUT2D eigenvalue weighted by Gasteiger charge is -2.34. The summed E-state index contributed by atoms with van der Waals surface area (Å²) in [6.45, 7) is 0. The minimum absolute atomic E-state index is 0.464. The normalized spacial score (nSPS) is 12.6. The topological polar surface area (TPSA) is 3.24 Å². The molecular weight excluding hydrogens is 779 g/mol. The van der Waals surface area contributed by atoms with Gasteiger partial charge in [-0.15, -0.1) is 11.3 Å². The summed E-state index contributed by atoms with van der Waals surface area (Å²) < 4.78 is 2.63. The molecule has 11 aromatic rings.